The molecular weight excluding hydrogens is 242 g/mol. The number of nitrogens with zero attached hydrogens (tertiary/aromatic N) is 3. The van der Waals surface area contributed by atoms with Crippen LogP contribution in [0.1, 0.15) is 5.56 Å². The summed E-state index contributed by atoms with van der Waals surface area (Å²) in [6.45, 7) is 5.75. The fourth-order valence-electron chi connectivity index (χ4n) is 1.59. The maximum Gasteiger partial charge on any atom is 0.163 e. The van der Waals surface area contributed by atoms with Crippen LogP contribution >= 0.6 is 23.4 Å². The Balaban J connectivity index is 2.27. The number of pyridine rings is 1. The summed E-state index contributed by atoms with van der Waals surface area (Å²) < 4.78 is 0. The molecule has 0 saturated heterocycles. The Bertz CT molecular complexity index is 445. The molecule has 0 spiro atoms. The molecule has 0 amide bonds. The third kappa shape index (κ3) is 2.08. The van der Waals surface area contributed by atoms with Gasteiger partial charge in [-0.05, 0) is 12.3 Å². The third-order valence-corrected chi connectivity index (χ3v) is 3.43. The molecule has 2 rings (SSSR count). The minimum absolute atomic E-state index is 0.673. The molecule has 84 valence electrons. The first-order chi connectivity index (χ1) is 7.74. The lowest BCUT2D eigenvalue weighted by atomic mass is 10.2. The Labute approximate surface area is 104 Å². The summed E-state index contributed by atoms with van der Waals surface area (Å²) >= 11 is 7.74. The summed E-state index contributed by atoms with van der Waals surface area (Å²) in [5.74, 6) is 0. The maximum absolute atomic E-state index is 6.11. The van der Waals surface area contributed by atoms with Crippen LogP contribution in [0.2, 0.25) is 5.02 Å². The van der Waals surface area contributed by atoms with Gasteiger partial charge >= 0.3 is 0 Å². The first-order valence-electron chi connectivity index (χ1n) is 4.89. The van der Waals surface area contributed by atoms with Gasteiger partial charge in [0.15, 0.2) is 5.17 Å². The van der Waals surface area contributed by atoms with Crippen LogP contribution in [0, 0.1) is 0 Å². The van der Waals surface area contributed by atoms with E-state index >= 15 is 0 Å². The minimum atomic E-state index is 0.673. The highest BCUT2D eigenvalue weighted by atomic mass is 35.5. The van der Waals surface area contributed by atoms with Crippen LogP contribution in [-0.4, -0.2) is 34.4 Å². The van der Waals surface area contributed by atoms with Gasteiger partial charge in [-0.1, -0.05) is 29.9 Å². The zero-order valence-corrected chi connectivity index (χ0v) is 10.6. The zero-order valence-electron chi connectivity index (χ0n) is 8.98. The number of aromatic nitrogens is 1. The van der Waals surface area contributed by atoms with Gasteiger partial charge in [-0.3, -0.25) is 9.98 Å². The Morgan fingerprint density at radius 2 is 2.44 bits per heavy atom. The van der Waals surface area contributed by atoms with Crippen molar-refractivity contribution in [1.29, 1.82) is 0 Å². The summed E-state index contributed by atoms with van der Waals surface area (Å²) in [6, 6.07) is 1.77. The molecule has 0 atom stereocenters. The molecule has 0 aromatic carbocycles. The third-order valence-electron chi connectivity index (χ3n) is 2.39. The first kappa shape index (κ1) is 11.5. The molecule has 0 N–H and O–H groups in total. The van der Waals surface area contributed by atoms with Crippen molar-refractivity contribution in [3.8, 4) is 0 Å². The van der Waals surface area contributed by atoms with Crippen LogP contribution in [0.4, 0.5) is 0 Å². The van der Waals surface area contributed by atoms with Crippen LogP contribution in [-0.2, 0) is 0 Å². The van der Waals surface area contributed by atoms with E-state index in [0.717, 1.165) is 29.5 Å². The van der Waals surface area contributed by atoms with Crippen LogP contribution in [0.25, 0.3) is 5.70 Å². The monoisotopic (exact) mass is 253 g/mol. The van der Waals surface area contributed by atoms with Gasteiger partial charge in [0.25, 0.3) is 0 Å². The fourth-order valence-corrected chi connectivity index (χ4v) is 2.44. The van der Waals surface area contributed by atoms with Gasteiger partial charge in [0.2, 0.25) is 0 Å². The molecule has 1 aliphatic heterocycles. The SMILES string of the molecule is C=C(c1cnccc1Cl)N1CCN=C1SC. The van der Waals surface area contributed by atoms with Gasteiger partial charge < -0.3 is 4.90 Å². The smallest absolute Gasteiger partial charge is 0.163 e. The van der Waals surface area contributed by atoms with Crippen molar-refractivity contribution < 1.29 is 0 Å². The minimum Gasteiger partial charge on any atom is -0.319 e. The maximum atomic E-state index is 6.11. The van der Waals surface area contributed by atoms with Gasteiger partial charge in [-0.15, -0.1) is 0 Å². The molecule has 0 radical (unpaired) electrons. The molecule has 1 aromatic heterocycles. The number of hydrogen-bond acceptors (Lipinski definition) is 4. The number of hydrogen-bond donors (Lipinski definition) is 0. The van der Waals surface area contributed by atoms with Crippen molar-refractivity contribution in [2.24, 2.45) is 4.99 Å². The molecule has 16 heavy (non-hydrogen) atoms. The summed E-state index contributed by atoms with van der Waals surface area (Å²) in [6.07, 6.45) is 5.42. The number of aliphatic imine (C=N–C) groups is 1. The quantitative estimate of drug-likeness (QED) is 0.812. The summed E-state index contributed by atoms with van der Waals surface area (Å²) in [5, 5.41) is 1.66. The van der Waals surface area contributed by atoms with E-state index in [2.05, 4.69) is 21.5 Å². The van der Waals surface area contributed by atoms with Crippen molar-refractivity contribution in [3.05, 3.63) is 35.6 Å². The van der Waals surface area contributed by atoms with E-state index in [1.807, 2.05) is 6.26 Å². The number of amidine groups is 1. The normalized spacial score (nSPS) is 15.1. The average molecular weight is 254 g/mol. The lowest BCUT2D eigenvalue weighted by Crippen LogP contribution is -2.23. The summed E-state index contributed by atoms with van der Waals surface area (Å²) in [4.78, 5) is 10.5. The fraction of sp³-hybridized carbons (Fsp3) is 0.273. The summed E-state index contributed by atoms with van der Waals surface area (Å²) in [7, 11) is 0. The van der Waals surface area contributed by atoms with Crippen molar-refractivity contribution in [2.75, 3.05) is 19.3 Å². The van der Waals surface area contributed by atoms with E-state index in [1.54, 1.807) is 30.2 Å². The molecule has 0 saturated carbocycles. The first-order valence-corrected chi connectivity index (χ1v) is 6.49. The van der Waals surface area contributed by atoms with E-state index in [-0.39, 0.29) is 0 Å². The Kier molecular flexibility index (Phi) is 3.51. The Morgan fingerprint density at radius 1 is 1.62 bits per heavy atom. The second-order valence-corrected chi connectivity index (χ2v) is 4.50. The van der Waals surface area contributed by atoms with Gasteiger partial charge in [0.1, 0.15) is 0 Å². The average Bonchev–Trinajstić information content (AvgIpc) is 2.77. The topological polar surface area (TPSA) is 28.5 Å². The van der Waals surface area contributed by atoms with E-state index < -0.39 is 0 Å². The lowest BCUT2D eigenvalue weighted by molar-refractivity contribution is 0.647. The second kappa shape index (κ2) is 4.89. The highest BCUT2D eigenvalue weighted by Crippen LogP contribution is 2.27. The molecule has 0 fully saturated rings. The predicted octanol–water partition coefficient (Wildman–Crippen LogP) is 2.74. The van der Waals surface area contributed by atoms with Crippen LogP contribution in [0.3, 0.4) is 0 Å². The molecule has 1 aliphatic rings. The standard InChI is InChI=1S/C11H12ClN3S/c1-8(9-7-13-4-3-10(9)12)15-6-5-14-11(15)16-2/h3-4,7H,1,5-6H2,2H3. The molecule has 0 unspecified atom stereocenters. The number of thioether (sulfide) groups is 1. The molecule has 1 aromatic rings. The van der Waals surface area contributed by atoms with Crippen LogP contribution in [0.5, 0.6) is 0 Å². The highest BCUT2D eigenvalue weighted by Gasteiger charge is 2.20. The van der Waals surface area contributed by atoms with E-state index in [9.17, 15) is 0 Å². The largest absolute Gasteiger partial charge is 0.319 e. The van der Waals surface area contributed by atoms with Crippen LogP contribution < -0.4 is 0 Å². The lowest BCUT2D eigenvalue weighted by Gasteiger charge is -2.21. The molecule has 2 heterocycles. The zero-order chi connectivity index (χ0) is 11.5. The van der Waals surface area contributed by atoms with Crippen molar-refractivity contribution >= 4 is 34.2 Å². The summed E-state index contributed by atoms with van der Waals surface area (Å²) in [5.41, 5.74) is 1.73. The molecule has 0 aliphatic carbocycles. The van der Waals surface area contributed by atoms with Gasteiger partial charge in [0.05, 0.1) is 11.6 Å². The second-order valence-electron chi connectivity index (χ2n) is 3.32. The Hall–Kier alpha value is -1.000. The molecule has 5 heteroatoms. The molecule has 3 nitrogen and oxygen atoms in total. The Morgan fingerprint density at radius 3 is 3.12 bits per heavy atom. The highest BCUT2D eigenvalue weighted by molar-refractivity contribution is 8.13. The van der Waals surface area contributed by atoms with Crippen molar-refractivity contribution in [2.45, 2.75) is 0 Å². The predicted molar refractivity (Wildman–Crippen MR) is 70.8 cm³/mol. The van der Waals surface area contributed by atoms with Gasteiger partial charge in [-0.25, -0.2) is 0 Å². The van der Waals surface area contributed by atoms with E-state index in [0.29, 0.717) is 5.02 Å². The molecular formula is C11H12ClN3S. The van der Waals surface area contributed by atoms with Gasteiger partial charge in [0, 0.05) is 30.2 Å². The van der Waals surface area contributed by atoms with Crippen molar-refractivity contribution in [3.63, 3.8) is 0 Å². The number of rotatable bonds is 2. The van der Waals surface area contributed by atoms with Gasteiger partial charge in [-0.2, -0.15) is 0 Å². The van der Waals surface area contributed by atoms with Crippen LogP contribution in [0.15, 0.2) is 30.0 Å². The van der Waals surface area contributed by atoms with Crippen molar-refractivity contribution in [1.82, 2.24) is 9.88 Å². The van der Waals surface area contributed by atoms with E-state index in [1.165, 1.54) is 0 Å². The van der Waals surface area contributed by atoms with E-state index in [4.69, 9.17) is 11.6 Å². The number of halogens is 1. The molecule has 0 bridgehead atoms.